The predicted molar refractivity (Wildman–Crippen MR) is 82.0 cm³/mol. The Morgan fingerprint density at radius 1 is 1.40 bits per heavy atom. The van der Waals surface area contributed by atoms with Gasteiger partial charge >= 0.3 is 6.09 Å². The van der Waals surface area contributed by atoms with Crippen LogP contribution in [0.15, 0.2) is 35.7 Å². The lowest BCUT2D eigenvalue weighted by Gasteiger charge is -2.15. The summed E-state index contributed by atoms with van der Waals surface area (Å²) in [5, 5.41) is 11.1. The highest BCUT2D eigenvalue weighted by Crippen LogP contribution is 2.29. The lowest BCUT2D eigenvalue weighted by atomic mass is 10.0. The van der Waals surface area contributed by atoms with E-state index in [1.807, 2.05) is 24.3 Å². The van der Waals surface area contributed by atoms with Gasteiger partial charge in [-0.2, -0.15) is 0 Å². The minimum Gasteiger partial charge on any atom is -0.465 e. The summed E-state index contributed by atoms with van der Waals surface area (Å²) < 4.78 is 0. The third kappa shape index (κ3) is 3.37. The third-order valence-electron chi connectivity index (χ3n) is 3.11. The third-order valence-corrected chi connectivity index (χ3v) is 4.10. The predicted octanol–water partition coefficient (Wildman–Crippen LogP) is 3.03. The first-order valence-electron chi connectivity index (χ1n) is 6.41. The molecule has 1 amide bonds. The van der Waals surface area contributed by atoms with Gasteiger partial charge < -0.3 is 15.7 Å². The monoisotopic (exact) mass is 290 g/mol. The minimum atomic E-state index is -0.922. The van der Waals surface area contributed by atoms with Crippen LogP contribution in [0.3, 0.4) is 0 Å². The van der Waals surface area contributed by atoms with Crippen LogP contribution in [0.25, 0.3) is 11.1 Å². The van der Waals surface area contributed by atoms with Gasteiger partial charge in [0.2, 0.25) is 0 Å². The summed E-state index contributed by atoms with van der Waals surface area (Å²) in [5.74, 6) is 0. The van der Waals surface area contributed by atoms with Crippen molar-refractivity contribution in [1.82, 2.24) is 4.90 Å². The van der Waals surface area contributed by atoms with E-state index in [0.29, 0.717) is 13.1 Å². The molecule has 3 N–H and O–H groups in total. The summed E-state index contributed by atoms with van der Waals surface area (Å²) in [5.41, 5.74) is 8.80. The van der Waals surface area contributed by atoms with Crippen molar-refractivity contribution in [2.75, 3.05) is 13.6 Å². The number of carboxylic acid groups (broad SMARTS) is 1. The molecule has 0 radical (unpaired) electrons. The molecule has 0 saturated heterocycles. The highest BCUT2D eigenvalue weighted by atomic mass is 32.1. The normalized spacial score (nSPS) is 10.5. The van der Waals surface area contributed by atoms with E-state index >= 15 is 0 Å². The standard InChI is InChI=1S/C15H18N2O2S/c1-17(15(18)19)9-11-4-2-3-5-14(11)12-8-13(6-7-16)20-10-12/h2-5,8,10H,6-7,9,16H2,1H3,(H,18,19). The molecule has 2 rings (SSSR count). The summed E-state index contributed by atoms with van der Waals surface area (Å²) in [6.45, 7) is 1.02. The zero-order valence-corrected chi connectivity index (χ0v) is 12.2. The van der Waals surface area contributed by atoms with Crippen LogP contribution >= 0.6 is 11.3 Å². The van der Waals surface area contributed by atoms with Crippen molar-refractivity contribution in [3.05, 3.63) is 46.2 Å². The van der Waals surface area contributed by atoms with Crippen LogP contribution in [0.1, 0.15) is 10.4 Å². The van der Waals surface area contributed by atoms with Crippen LogP contribution in [-0.2, 0) is 13.0 Å². The molecule has 0 saturated carbocycles. The molecule has 0 atom stereocenters. The van der Waals surface area contributed by atoms with Crippen LogP contribution < -0.4 is 5.73 Å². The average Bonchev–Trinajstić information content (AvgIpc) is 2.88. The fourth-order valence-electron chi connectivity index (χ4n) is 2.06. The van der Waals surface area contributed by atoms with Crippen molar-refractivity contribution in [3.63, 3.8) is 0 Å². The first-order chi connectivity index (χ1) is 9.61. The van der Waals surface area contributed by atoms with Gasteiger partial charge in [-0.25, -0.2) is 4.79 Å². The highest BCUT2D eigenvalue weighted by Gasteiger charge is 2.11. The molecule has 20 heavy (non-hydrogen) atoms. The van der Waals surface area contributed by atoms with Crippen molar-refractivity contribution < 1.29 is 9.90 Å². The maximum absolute atomic E-state index is 11.0. The lowest BCUT2D eigenvalue weighted by Crippen LogP contribution is -2.24. The Morgan fingerprint density at radius 3 is 2.85 bits per heavy atom. The van der Waals surface area contributed by atoms with Gasteiger partial charge in [0, 0.05) is 18.5 Å². The van der Waals surface area contributed by atoms with E-state index < -0.39 is 6.09 Å². The maximum Gasteiger partial charge on any atom is 0.407 e. The Labute approximate surface area is 122 Å². The molecular formula is C15H18N2O2S. The Morgan fingerprint density at radius 2 is 2.15 bits per heavy atom. The second-order valence-electron chi connectivity index (χ2n) is 4.64. The number of nitrogens with zero attached hydrogens (tertiary/aromatic N) is 1. The quantitative estimate of drug-likeness (QED) is 0.889. The Bertz CT molecular complexity index is 595. The fraction of sp³-hybridized carbons (Fsp3) is 0.267. The van der Waals surface area contributed by atoms with E-state index in [9.17, 15) is 4.79 Å². The van der Waals surface area contributed by atoms with E-state index in [2.05, 4.69) is 11.4 Å². The van der Waals surface area contributed by atoms with Crippen LogP contribution in [0.2, 0.25) is 0 Å². The molecule has 0 fully saturated rings. The smallest absolute Gasteiger partial charge is 0.407 e. The largest absolute Gasteiger partial charge is 0.465 e. The van der Waals surface area contributed by atoms with Gasteiger partial charge in [-0.3, -0.25) is 0 Å². The number of benzene rings is 1. The van der Waals surface area contributed by atoms with Gasteiger partial charge in [0.1, 0.15) is 0 Å². The molecule has 0 bridgehead atoms. The van der Waals surface area contributed by atoms with Crippen LogP contribution in [0, 0.1) is 0 Å². The molecule has 0 aliphatic carbocycles. The molecule has 1 heterocycles. The van der Waals surface area contributed by atoms with E-state index in [-0.39, 0.29) is 0 Å². The SMILES string of the molecule is CN(Cc1ccccc1-c1csc(CCN)c1)C(=O)O. The lowest BCUT2D eigenvalue weighted by molar-refractivity contribution is 0.154. The minimum absolute atomic E-state index is 0.383. The molecule has 0 spiro atoms. The van der Waals surface area contributed by atoms with Crippen molar-refractivity contribution in [3.8, 4) is 11.1 Å². The van der Waals surface area contributed by atoms with E-state index in [1.165, 1.54) is 9.78 Å². The zero-order chi connectivity index (χ0) is 14.5. The van der Waals surface area contributed by atoms with Crippen LogP contribution in [0.5, 0.6) is 0 Å². The molecule has 1 aromatic carbocycles. The molecule has 5 heteroatoms. The molecule has 0 unspecified atom stereocenters. The first kappa shape index (κ1) is 14.6. The Hall–Kier alpha value is -1.85. The number of hydrogen-bond acceptors (Lipinski definition) is 3. The highest BCUT2D eigenvalue weighted by molar-refractivity contribution is 7.10. The Balaban J connectivity index is 2.28. The molecule has 2 aromatic rings. The van der Waals surface area contributed by atoms with E-state index in [4.69, 9.17) is 10.8 Å². The molecule has 0 aliphatic heterocycles. The summed E-state index contributed by atoms with van der Waals surface area (Å²) in [7, 11) is 1.58. The molecule has 4 nitrogen and oxygen atoms in total. The molecule has 0 aliphatic rings. The maximum atomic E-state index is 11.0. The molecule has 106 valence electrons. The fourth-order valence-corrected chi connectivity index (χ4v) is 2.96. The zero-order valence-electron chi connectivity index (χ0n) is 11.4. The van der Waals surface area contributed by atoms with Crippen molar-refractivity contribution in [2.24, 2.45) is 5.73 Å². The van der Waals surface area contributed by atoms with E-state index in [1.54, 1.807) is 18.4 Å². The van der Waals surface area contributed by atoms with Gasteiger partial charge in [-0.05, 0) is 41.1 Å². The Kier molecular flexibility index (Phi) is 4.76. The van der Waals surface area contributed by atoms with Gasteiger partial charge in [-0.1, -0.05) is 24.3 Å². The molecular weight excluding hydrogens is 272 g/mol. The number of amides is 1. The van der Waals surface area contributed by atoms with Crippen LogP contribution in [-0.4, -0.2) is 29.7 Å². The van der Waals surface area contributed by atoms with Crippen molar-refractivity contribution in [1.29, 1.82) is 0 Å². The van der Waals surface area contributed by atoms with Gasteiger partial charge in [0.15, 0.2) is 0 Å². The van der Waals surface area contributed by atoms with Crippen molar-refractivity contribution in [2.45, 2.75) is 13.0 Å². The first-order valence-corrected chi connectivity index (χ1v) is 7.29. The van der Waals surface area contributed by atoms with Gasteiger partial charge in [-0.15, -0.1) is 11.3 Å². The van der Waals surface area contributed by atoms with Gasteiger partial charge in [0.25, 0.3) is 0 Å². The summed E-state index contributed by atoms with van der Waals surface area (Å²) in [4.78, 5) is 13.5. The number of rotatable bonds is 5. The number of thiophene rings is 1. The van der Waals surface area contributed by atoms with Crippen LogP contribution in [0.4, 0.5) is 4.79 Å². The number of nitrogens with two attached hydrogens (primary N) is 1. The van der Waals surface area contributed by atoms with E-state index in [0.717, 1.165) is 23.1 Å². The summed E-state index contributed by atoms with van der Waals surface area (Å²) in [6, 6.07) is 10.0. The average molecular weight is 290 g/mol. The topological polar surface area (TPSA) is 66.6 Å². The summed E-state index contributed by atoms with van der Waals surface area (Å²) >= 11 is 1.69. The van der Waals surface area contributed by atoms with Crippen molar-refractivity contribution >= 4 is 17.4 Å². The summed E-state index contributed by atoms with van der Waals surface area (Å²) in [6.07, 6.45) is -0.0454. The molecule has 1 aromatic heterocycles. The van der Waals surface area contributed by atoms with Gasteiger partial charge in [0.05, 0.1) is 0 Å². The number of hydrogen-bond donors (Lipinski definition) is 2. The second kappa shape index (κ2) is 6.54. The second-order valence-corrected chi connectivity index (χ2v) is 5.63. The number of carbonyl (C=O) groups is 1.